The van der Waals surface area contributed by atoms with Gasteiger partial charge in [0.05, 0.1) is 0 Å². The predicted molar refractivity (Wildman–Crippen MR) is 35.7 cm³/mol. The molecule has 0 unspecified atom stereocenters. The minimum atomic E-state index is 0. The lowest BCUT2D eigenvalue weighted by molar-refractivity contribution is 1.91. The fourth-order valence-corrected chi connectivity index (χ4v) is 0. The predicted octanol–water partition coefficient (Wildman–Crippen LogP) is -1.02. The Morgan fingerprint density at radius 2 is 1.80 bits per heavy atom. The average Bonchev–Trinajstić information content (AvgIpc) is 0.811. The Balaban J connectivity index is 0. The summed E-state index contributed by atoms with van der Waals surface area (Å²) >= 11 is 7.65. The maximum Gasteiger partial charge on any atom is 0.187 e. The molecular formula is CH6AlNS2. The summed E-state index contributed by atoms with van der Waals surface area (Å²) in [6.07, 6.45) is 0. The molecule has 0 heterocycles. The molecule has 0 aromatic carbocycles. The van der Waals surface area contributed by atoms with Crippen molar-refractivity contribution in [3.63, 3.8) is 0 Å². The van der Waals surface area contributed by atoms with Gasteiger partial charge in [-0.3, -0.25) is 0 Å². The van der Waals surface area contributed by atoms with E-state index in [4.69, 9.17) is 5.73 Å². The highest BCUT2D eigenvalue weighted by Gasteiger charge is 1.55. The zero-order valence-corrected chi connectivity index (χ0v) is 3.64. The summed E-state index contributed by atoms with van der Waals surface area (Å²) in [6, 6.07) is 0. The fourth-order valence-electron chi connectivity index (χ4n) is 0. The quantitative estimate of drug-likeness (QED) is 0.245. The van der Waals surface area contributed by atoms with E-state index in [9.17, 15) is 0 Å². The average molecular weight is 123 g/mol. The Hall–Kier alpha value is 0.772. The highest BCUT2D eigenvalue weighted by molar-refractivity contribution is 8.10. The normalized spacial score (nSPS) is 5.00. The van der Waals surface area contributed by atoms with Crippen molar-refractivity contribution in [2.24, 2.45) is 5.73 Å². The van der Waals surface area contributed by atoms with Crippen LogP contribution in [0.15, 0.2) is 0 Å². The van der Waals surface area contributed by atoms with Gasteiger partial charge in [0.1, 0.15) is 4.32 Å². The van der Waals surface area contributed by atoms with Crippen molar-refractivity contribution in [3.8, 4) is 0 Å². The SMILES string of the molecule is NC(=S)S.[AlH3]. The van der Waals surface area contributed by atoms with Crippen LogP contribution >= 0.6 is 24.8 Å². The van der Waals surface area contributed by atoms with Crippen LogP contribution in [0.25, 0.3) is 0 Å². The van der Waals surface area contributed by atoms with Crippen LogP contribution in [-0.2, 0) is 0 Å². The molecule has 0 saturated heterocycles. The van der Waals surface area contributed by atoms with Crippen LogP contribution in [0.4, 0.5) is 0 Å². The Kier molecular flexibility index (Phi) is 8.82. The van der Waals surface area contributed by atoms with Crippen LogP contribution in [0.3, 0.4) is 0 Å². The molecule has 0 saturated carbocycles. The molecule has 5 heavy (non-hydrogen) atoms. The molecule has 0 atom stereocenters. The largest absolute Gasteiger partial charge is 0.385 e. The van der Waals surface area contributed by atoms with Gasteiger partial charge in [-0.2, -0.15) is 0 Å². The van der Waals surface area contributed by atoms with E-state index in [1.807, 2.05) is 0 Å². The zero-order chi connectivity index (χ0) is 3.58. The molecule has 0 spiro atoms. The molecule has 0 fully saturated rings. The third-order valence-electron chi connectivity index (χ3n) is 0. The fraction of sp³-hybridized carbons (Fsp3) is 0. The zero-order valence-electron chi connectivity index (χ0n) is 1.93. The second-order valence-corrected chi connectivity index (χ2v) is 1.56. The van der Waals surface area contributed by atoms with Gasteiger partial charge in [-0.1, -0.05) is 12.2 Å². The topological polar surface area (TPSA) is 26.0 Å². The molecule has 0 rings (SSSR count). The number of hydrogen-bond donors (Lipinski definition) is 2. The van der Waals surface area contributed by atoms with Crippen molar-refractivity contribution in [2.45, 2.75) is 0 Å². The van der Waals surface area contributed by atoms with E-state index in [-0.39, 0.29) is 21.7 Å². The van der Waals surface area contributed by atoms with Gasteiger partial charge >= 0.3 is 0 Å². The van der Waals surface area contributed by atoms with Crippen LogP contribution in [0.1, 0.15) is 0 Å². The van der Waals surface area contributed by atoms with Crippen LogP contribution < -0.4 is 5.73 Å². The first-order valence-electron chi connectivity index (χ1n) is 0.716. The Morgan fingerprint density at radius 3 is 1.80 bits per heavy atom. The number of rotatable bonds is 0. The molecule has 0 aromatic rings. The van der Waals surface area contributed by atoms with Crippen molar-refractivity contribution in [3.05, 3.63) is 0 Å². The Bertz CT molecular complexity index is 32.6. The molecule has 0 aliphatic heterocycles. The van der Waals surface area contributed by atoms with Crippen molar-refractivity contribution in [2.75, 3.05) is 0 Å². The number of thiol groups is 1. The van der Waals surface area contributed by atoms with E-state index in [1.54, 1.807) is 0 Å². The van der Waals surface area contributed by atoms with E-state index in [0.29, 0.717) is 0 Å². The number of hydrogen-bond acceptors (Lipinski definition) is 1. The van der Waals surface area contributed by atoms with E-state index in [0.717, 1.165) is 0 Å². The Morgan fingerprint density at radius 1 is 1.80 bits per heavy atom. The third kappa shape index (κ3) is 61.5. The molecule has 0 aromatic heterocycles. The van der Waals surface area contributed by atoms with Crippen LogP contribution in [0.5, 0.6) is 0 Å². The number of nitrogens with two attached hydrogens (primary N) is 1. The van der Waals surface area contributed by atoms with Gasteiger partial charge in [-0.05, 0) is 0 Å². The van der Waals surface area contributed by atoms with Crippen molar-refractivity contribution in [1.29, 1.82) is 0 Å². The summed E-state index contributed by atoms with van der Waals surface area (Å²) in [5.41, 5.74) is 4.71. The summed E-state index contributed by atoms with van der Waals surface area (Å²) < 4.78 is 0.194. The summed E-state index contributed by atoms with van der Waals surface area (Å²) in [4.78, 5) is 0. The van der Waals surface area contributed by atoms with E-state index in [1.165, 1.54) is 0 Å². The maximum absolute atomic E-state index is 4.71. The standard InChI is InChI=1S/CH3NS2.Al.3H/c2-1(3)4;;;;/h(H3,2,3,4);;;;. The lowest BCUT2D eigenvalue weighted by atomic mass is 11.5. The highest BCUT2D eigenvalue weighted by Crippen LogP contribution is 1.63. The van der Waals surface area contributed by atoms with Gasteiger partial charge in [0, 0.05) is 0 Å². The van der Waals surface area contributed by atoms with Crippen LogP contribution in [-0.4, -0.2) is 21.7 Å². The van der Waals surface area contributed by atoms with Crippen LogP contribution in [0, 0.1) is 0 Å². The van der Waals surface area contributed by atoms with Gasteiger partial charge in [-0.25, -0.2) is 0 Å². The molecule has 0 aliphatic rings. The first-order chi connectivity index (χ1) is 1.73. The Labute approximate surface area is 52.5 Å². The third-order valence-corrected chi connectivity index (χ3v) is 0. The molecular weight excluding hydrogens is 117 g/mol. The minimum absolute atomic E-state index is 0. The molecule has 0 radical (unpaired) electrons. The van der Waals surface area contributed by atoms with Crippen molar-refractivity contribution >= 4 is 46.5 Å². The van der Waals surface area contributed by atoms with E-state index in [2.05, 4.69) is 24.8 Å². The summed E-state index contributed by atoms with van der Waals surface area (Å²) in [7, 11) is 0. The van der Waals surface area contributed by atoms with Gasteiger partial charge in [-0.15, -0.1) is 12.6 Å². The van der Waals surface area contributed by atoms with Crippen LogP contribution in [0.2, 0.25) is 0 Å². The molecule has 1 nitrogen and oxygen atoms in total. The van der Waals surface area contributed by atoms with E-state index < -0.39 is 0 Å². The van der Waals surface area contributed by atoms with Crippen molar-refractivity contribution < 1.29 is 0 Å². The monoisotopic (exact) mass is 123 g/mol. The summed E-state index contributed by atoms with van der Waals surface area (Å²) in [5, 5.41) is 0. The maximum atomic E-state index is 4.71. The molecule has 30 valence electrons. The lowest BCUT2D eigenvalue weighted by Gasteiger charge is -1.64. The number of thiocarbonyl (C=S) groups is 1. The molecule has 2 N–H and O–H groups in total. The molecule has 0 aliphatic carbocycles. The first kappa shape index (κ1) is 9.24. The van der Waals surface area contributed by atoms with E-state index >= 15 is 0 Å². The molecule has 0 bridgehead atoms. The lowest BCUT2D eigenvalue weighted by Crippen LogP contribution is -1.94. The van der Waals surface area contributed by atoms with Gasteiger partial charge in [0.2, 0.25) is 0 Å². The van der Waals surface area contributed by atoms with Gasteiger partial charge in [0.15, 0.2) is 17.4 Å². The summed E-state index contributed by atoms with van der Waals surface area (Å²) in [6.45, 7) is 0. The second-order valence-electron chi connectivity index (χ2n) is 0.338. The minimum Gasteiger partial charge on any atom is -0.385 e. The molecule has 4 heteroatoms. The van der Waals surface area contributed by atoms with Gasteiger partial charge < -0.3 is 5.73 Å². The highest BCUT2D eigenvalue weighted by atomic mass is 32.1. The first-order valence-corrected chi connectivity index (χ1v) is 1.57. The summed E-state index contributed by atoms with van der Waals surface area (Å²) in [5.74, 6) is 0. The second kappa shape index (κ2) is 4.77. The molecule has 0 amide bonds. The van der Waals surface area contributed by atoms with Gasteiger partial charge in [0.25, 0.3) is 0 Å². The smallest absolute Gasteiger partial charge is 0.187 e. The van der Waals surface area contributed by atoms with Crippen molar-refractivity contribution in [1.82, 2.24) is 0 Å².